The molecule has 0 aliphatic heterocycles. The number of imidazole rings is 1. The molecule has 1 aromatic carbocycles. The molecule has 2 N–H and O–H groups in total. The molecule has 0 aliphatic carbocycles. The number of aromatic nitrogens is 3. The molecule has 0 amide bonds. The van der Waals surface area contributed by atoms with E-state index in [0.29, 0.717) is 22.8 Å². The quantitative estimate of drug-likeness (QED) is 0.534. The first-order chi connectivity index (χ1) is 12.4. The van der Waals surface area contributed by atoms with Gasteiger partial charge in [0.05, 0.1) is 22.6 Å². The summed E-state index contributed by atoms with van der Waals surface area (Å²) in [6, 6.07) is 6.03. The molecule has 134 valence electrons. The number of nitrogens with one attached hydrogen (secondary N) is 2. The van der Waals surface area contributed by atoms with Crippen LogP contribution in [0.4, 0.5) is 27.3 Å². The summed E-state index contributed by atoms with van der Waals surface area (Å²) in [4.78, 5) is 19.1. The van der Waals surface area contributed by atoms with Crippen LogP contribution in [-0.4, -0.2) is 26.5 Å². The monoisotopic (exact) mass is 356 g/mol. The number of nitrogens with zero attached hydrogens (tertiary/aromatic N) is 4. The van der Waals surface area contributed by atoms with Gasteiger partial charge < -0.3 is 15.2 Å². The van der Waals surface area contributed by atoms with Crippen LogP contribution in [0.3, 0.4) is 0 Å². The summed E-state index contributed by atoms with van der Waals surface area (Å²) in [6.07, 6.45) is 3.23. The van der Waals surface area contributed by atoms with Crippen molar-refractivity contribution < 1.29 is 9.31 Å². The summed E-state index contributed by atoms with van der Waals surface area (Å²) in [7, 11) is 1.59. The molecule has 3 rings (SSSR count). The van der Waals surface area contributed by atoms with E-state index in [1.165, 1.54) is 12.4 Å². The highest BCUT2D eigenvalue weighted by Gasteiger charge is 2.22. The van der Waals surface area contributed by atoms with Crippen molar-refractivity contribution >= 4 is 22.9 Å². The number of anilines is 3. The second kappa shape index (κ2) is 6.79. The molecule has 0 atom stereocenters. The van der Waals surface area contributed by atoms with Crippen LogP contribution in [-0.2, 0) is 0 Å². The van der Waals surface area contributed by atoms with Crippen LogP contribution < -0.4 is 10.6 Å². The van der Waals surface area contributed by atoms with Gasteiger partial charge in [-0.15, -0.1) is 0 Å². The minimum Gasteiger partial charge on any atom is -0.382 e. The van der Waals surface area contributed by atoms with Crippen molar-refractivity contribution in [3.05, 3.63) is 64.1 Å². The third-order valence-corrected chi connectivity index (χ3v) is 3.77. The average molecular weight is 356 g/mol. The fraction of sp³-hybridized carbons (Fsp3) is 0.176. The lowest BCUT2D eigenvalue weighted by Crippen LogP contribution is -2.05. The van der Waals surface area contributed by atoms with Gasteiger partial charge in [-0.1, -0.05) is 0 Å². The van der Waals surface area contributed by atoms with Gasteiger partial charge in [-0.2, -0.15) is 0 Å². The summed E-state index contributed by atoms with van der Waals surface area (Å²) in [6.45, 7) is 3.53. The number of nitro groups is 1. The number of rotatable bonds is 5. The molecule has 0 bridgehead atoms. The minimum atomic E-state index is -0.528. The van der Waals surface area contributed by atoms with Gasteiger partial charge >= 0.3 is 5.69 Å². The fourth-order valence-corrected chi connectivity index (χ4v) is 2.61. The van der Waals surface area contributed by atoms with Crippen molar-refractivity contribution in [2.24, 2.45) is 0 Å². The van der Waals surface area contributed by atoms with Crippen LogP contribution in [0.5, 0.6) is 0 Å². The highest BCUT2D eigenvalue weighted by atomic mass is 19.1. The first-order valence-electron chi connectivity index (χ1n) is 7.80. The molecule has 0 unspecified atom stereocenters. The Morgan fingerprint density at radius 3 is 2.58 bits per heavy atom. The number of halogens is 1. The number of pyridine rings is 1. The largest absolute Gasteiger partial charge is 0.382 e. The SMILES string of the molecule is CNc1cc(C)nc(Nc2ccc(-n3cnc(C)c3)c(F)c2)c1[N+](=O)[O-]. The predicted molar refractivity (Wildman–Crippen MR) is 96.7 cm³/mol. The molecule has 0 radical (unpaired) electrons. The third kappa shape index (κ3) is 3.32. The van der Waals surface area contributed by atoms with Crippen molar-refractivity contribution in [1.29, 1.82) is 0 Å². The molecule has 0 spiro atoms. The maximum absolute atomic E-state index is 14.5. The maximum atomic E-state index is 14.5. The van der Waals surface area contributed by atoms with E-state index in [4.69, 9.17) is 0 Å². The predicted octanol–water partition coefficient (Wildman–Crippen LogP) is 3.72. The zero-order chi connectivity index (χ0) is 18.8. The summed E-state index contributed by atoms with van der Waals surface area (Å²) in [5, 5.41) is 17.0. The van der Waals surface area contributed by atoms with Gasteiger partial charge in [-0.3, -0.25) is 10.1 Å². The van der Waals surface area contributed by atoms with Crippen LogP contribution >= 0.6 is 0 Å². The van der Waals surface area contributed by atoms with E-state index in [0.717, 1.165) is 5.69 Å². The van der Waals surface area contributed by atoms with Crippen molar-refractivity contribution in [3.8, 4) is 5.69 Å². The van der Waals surface area contributed by atoms with Crippen LogP contribution in [0.15, 0.2) is 36.8 Å². The number of hydrogen-bond donors (Lipinski definition) is 2. The minimum absolute atomic E-state index is 0.0463. The van der Waals surface area contributed by atoms with E-state index >= 15 is 0 Å². The van der Waals surface area contributed by atoms with Gasteiger partial charge in [0.1, 0.15) is 11.5 Å². The summed E-state index contributed by atoms with van der Waals surface area (Å²) in [5.74, 6) is -0.443. The molecular weight excluding hydrogens is 339 g/mol. The molecule has 0 saturated carbocycles. The topological polar surface area (TPSA) is 97.9 Å². The average Bonchev–Trinajstić information content (AvgIpc) is 3.00. The Kier molecular flexibility index (Phi) is 4.53. The van der Waals surface area contributed by atoms with E-state index in [-0.39, 0.29) is 11.5 Å². The zero-order valence-corrected chi connectivity index (χ0v) is 14.4. The second-order valence-electron chi connectivity index (χ2n) is 5.73. The molecular formula is C17H17FN6O2. The molecule has 9 heteroatoms. The van der Waals surface area contributed by atoms with Gasteiger partial charge in [0.25, 0.3) is 0 Å². The van der Waals surface area contributed by atoms with E-state index in [2.05, 4.69) is 20.6 Å². The molecule has 2 heterocycles. The third-order valence-electron chi connectivity index (χ3n) is 3.77. The first kappa shape index (κ1) is 17.3. The Balaban J connectivity index is 1.98. The Morgan fingerprint density at radius 2 is 2.00 bits per heavy atom. The van der Waals surface area contributed by atoms with Gasteiger partial charge in [-0.05, 0) is 38.1 Å². The van der Waals surface area contributed by atoms with Crippen LogP contribution in [0.25, 0.3) is 5.69 Å². The van der Waals surface area contributed by atoms with Crippen LogP contribution in [0.2, 0.25) is 0 Å². The van der Waals surface area contributed by atoms with Gasteiger partial charge in [-0.25, -0.2) is 14.4 Å². The maximum Gasteiger partial charge on any atom is 0.334 e. The Bertz CT molecular complexity index is 985. The van der Waals surface area contributed by atoms with E-state index in [1.807, 2.05) is 6.92 Å². The summed E-state index contributed by atoms with van der Waals surface area (Å²) >= 11 is 0. The summed E-state index contributed by atoms with van der Waals surface area (Å²) < 4.78 is 16.0. The molecule has 0 aliphatic rings. The molecule has 26 heavy (non-hydrogen) atoms. The Hall–Kier alpha value is -3.49. The molecule has 3 aromatic rings. The molecule has 0 fully saturated rings. The Labute approximate surface area is 148 Å². The first-order valence-corrected chi connectivity index (χ1v) is 7.80. The zero-order valence-electron chi connectivity index (χ0n) is 14.4. The smallest absolute Gasteiger partial charge is 0.334 e. The fourth-order valence-electron chi connectivity index (χ4n) is 2.61. The lowest BCUT2D eigenvalue weighted by molar-refractivity contribution is -0.383. The normalized spacial score (nSPS) is 10.6. The summed E-state index contributed by atoms with van der Waals surface area (Å²) in [5.41, 5.74) is 2.17. The van der Waals surface area contributed by atoms with Crippen molar-refractivity contribution in [3.63, 3.8) is 0 Å². The van der Waals surface area contributed by atoms with E-state index in [9.17, 15) is 14.5 Å². The lowest BCUT2D eigenvalue weighted by atomic mass is 10.2. The Morgan fingerprint density at radius 1 is 1.23 bits per heavy atom. The number of aryl methyl sites for hydroxylation is 2. The molecule has 2 aromatic heterocycles. The molecule has 8 nitrogen and oxygen atoms in total. The van der Waals surface area contributed by atoms with Crippen LogP contribution in [0.1, 0.15) is 11.4 Å². The van der Waals surface area contributed by atoms with Gasteiger partial charge in [0, 0.05) is 24.6 Å². The van der Waals surface area contributed by atoms with E-state index < -0.39 is 10.7 Å². The number of benzene rings is 1. The molecule has 0 saturated heterocycles. The van der Waals surface area contributed by atoms with E-state index in [1.54, 1.807) is 42.9 Å². The highest BCUT2D eigenvalue weighted by molar-refractivity contribution is 5.77. The highest BCUT2D eigenvalue weighted by Crippen LogP contribution is 2.34. The van der Waals surface area contributed by atoms with Crippen molar-refractivity contribution in [2.45, 2.75) is 13.8 Å². The standard InChI is InChI=1S/C17H17FN6O2/c1-10-6-14(19-3)16(24(25)26)17(21-10)22-12-4-5-15(13(18)7-12)23-8-11(2)20-9-23/h4-9H,1-3H3,(H2,19,21,22). The van der Waals surface area contributed by atoms with Crippen molar-refractivity contribution in [2.75, 3.05) is 17.7 Å². The number of hydrogen-bond acceptors (Lipinski definition) is 6. The van der Waals surface area contributed by atoms with Crippen molar-refractivity contribution in [1.82, 2.24) is 14.5 Å². The van der Waals surface area contributed by atoms with Gasteiger partial charge in [0.2, 0.25) is 5.82 Å². The second-order valence-corrected chi connectivity index (χ2v) is 5.73. The van der Waals surface area contributed by atoms with Crippen LogP contribution in [0, 0.1) is 29.8 Å². The lowest BCUT2D eigenvalue weighted by Gasteiger charge is -2.12. The van der Waals surface area contributed by atoms with Gasteiger partial charge in [0.15, 0.2) is 0 Å².